The molecule has 3 rings (SSSR count). The number of carbonyl (C=O) groups is 1. The molecule has 0 spiro atoms. The monoisotopic (exact) mass is 412 g/mol. The fourth-order valence-corrected chi connectivity index (χ4v) is 3.02. The van der Waals surface area contributed by atoms with Crippen LogP contribution in [0.25, 0.3) is 0 Å². The van der Waals surface area contributed by atoms with Crippen LogP contribution >= 0.6 is 0 Å². The molecule has 7 nitrogen and oxygen atoms in total. The molecule has 1 aliphatic rings. The zero-order valence-electron chi connectivity index (χ0n) is 15.9. The molecule has 0 radical (unpaired) electrons. The number of guanidine groups is 1. The van der Waals surface area contributed by atoms with Gasteiger partial charge < -0.3 is 15.1 Å². The summed E-state index contributed by atoms with van der Waals surface area (Å²) in [5, 5.41) is 6.97. The average molecular weight is 412 g/mol. The number of piperazine rings is 1. The van der Waals surface area contributed by atoms with Gasteiger partial charge in [0, 0.05) is 38.9 Å². The van der Waals surface area contributed by atoms with Crippen LogP contribution in [0.5, 0.6) is 0 Å². The van der Waals surface area contributed by atoms with Crippen LogP contribution < -0.4 is 10.2 Å². The third-order valence-corrected chi connectivity index (χ3v) is 4.45. The number of rotatable bonds is 4. The highest BCUT2D eigenvalue weighted by Crippen LogP contribution is 2.21. The number of aryl methyl sites for hydroxylation is 1. The minimum absolute atomic E-state index is 0.0246. The summed E-state index contributed by atoms with van der Waals surface area (Å²) in [6.45, 7) is 2.32. The number of carbonyl (C=O) groups excluding carboxylic acids is 1. The zero-order valence-corrected chi connectivity index (χ0v) is 15.9. The van der Waals surface area contributed by atoms with E-state index in [1.165, 1.54) is 0 Å². The van der Waals surface area contributed by atoms with Gasteiger partial charge in [0.25, 0.3) is 0 Å². The van der Waals surface area contributed by atoms with E-state index in [0.29, 0.717) is 25.3 Å². The van der Waals surface area contributed by atoms with Crippen LogP contribution in [-0.2, 0) is 18.4 Å². The molecule has 1 aliphatic heterocycles. The standard InChI is InChI=1S/C18H20F4N6O/c1-3-23-18(24-8-12-16(21)13(19)6-14(20)17(12)22)27-4-5-28(15(29)10-27)11-7-25-26(2)9-11/h6-7,9H,3-5,8,10H2,1-2H3,(H,23,24). The van der Waals surface area contributed by atoms with Crippen molar-refractivity contribution in [2.24, 2.45) is 12.0 Å². The Hall–Kier alpha value is -3.11. The number of hydrogen-bond acceptors (Lipinski definition) is 3. The molecule has 29 heavy (non-hydrogen) atoms. The van der Waals surface area contributed by atoms with E-state index in [-0.39, 0.29) is 24.5 Å². The lowest BCUT2D eigenvalue weighted by atomic mass is 10.2. The second-order valence-corrected chi connectivity index (χ2v) is 6.46. The summed E-state index contributed by atoms with van der Waals surface area (Å²) in [7, 11) is 1.74. The first-order valence-electron chi connectivity index (χ1n) is 8.96. The molecule has 0 saturated carbocycles. The zero-order chi connectivity index (χ0) is 21.1. The summed E-state index contributed by atoms with van der Waals surface area (Å²) < 4.78 is 56.1. The number of nitrogens with zero attached hydrogens (tertiary/aromatic N) is 5. The summed E-state index contributed by atoms with van der Waals surface area (Å²) in [5.41, 5.74) is -0.142. The molecular formula is C18H20F4N6O. The molecule has 11 heteroatoms. The van der Waals surface area contributed by atoms with Gasteiger partial charge in [-0.1, -0.05) is 0 Å². The lowest BCUT2D eigenvalue weighted by molar-refractivity contribution is -0.120. The van der Waals surface area contributed by atoms with Gasteiger partial charge >= 0.3 is 0 Å². The van der Waals surface area contributed by atoms with Crippen LogP contribution in [0.2, 0.25) is 0 Å². The number of hydrogen-bond donors (Lipinski definition) is 1. The highest BCUT2D eigenvalue weighted by molar-refractivity contribution is 5.98. The topological polar surface area (TPSA) is 65.8 Å². The second kappa shape index (κ2) is 8.50. The van der Waals surface area contributed by atoms with Crippen LogP contribution in [0.1, 0.15) is 12.5 Å². The molecule has 156 valence electrons. The maximum atomic E-state index is 13.9. The first-order chi connectivity index (χ1) is 13.8. The predicted octanol–water partition coefficient (Wildman–Crippen LogP) is 1.79. The fraction of sp³-hybridized carbons (Fsp3) is 0.389. The number of amides is 1. The lowest BCUT2D eigenvalue weighted by Gasteiger charge is -2.35. The van der Waals surface area contributed by atoms with E-state index in [1.807, 2.05) is 0 Å². The van der Waals surface area contributed by atoms with Gasteiger partial charge in [-0.15, -0.1) is 0 Å². The van der Waals surface area contributed by atoms with Gasteiger partial charge in [0.15, 0.2) is 29.2 Å². The number of anilines is 1. The Bertz CT molecular complexity index is 918. The number of aliphatic imine (C=N–C) groups is 1. The molecule has 1 fully saturated rings. The fourth-order valence-electron chi connectivity index (χ4n) is 3.02. The Kier molecular flexibility index (Phi) is 6.04. The van der Waals surface area contributed by atoms with Gasteiger partial charge in [-0.2, -0.15) is 5.10 Å². The maximum absolute atomic E-state index is 13.9. The number of aromatic nitrogens is 2. The van der Waals surface area contributed by atoms with Crippen molar-refractivity contribution in [3.63, 3.8) is 0 Å². The smallest absolute Gasteiger partial charge is 0.246 e. The Morgan fingerprint density at radius 2 is 1.90 bits per heavy atom. The largest absolute Gasteiger partial charge is 0.356 e. The van der Waals surface area contributed by atoms with Crippen molar-refractivity contribution in [2.45, 2.75) is 13.5 Å². The van der Waals surface area contributed by atoms with E-state index in [1.54, 1.807) is 40.8 Å². The van der Waals surface area contributed by atoms with Gasteiger partial charge in [0.2, 0.25) is 5.91 Å². The molecular weight excluding hydrogens is 392 g/mol. The first kappa shape index (κ1) is 20.6. The minimum Gasteiger partial charge on any atom is -0.356 e. The van der Waals surface area contributed by atoms with Crippen molar-refractivity contribution < 1.29 is 22.4 Å². The van der Waals surface area contributed by atoms with Crippen molar-refractivity contribution >= 4 is 17.6 Å². The third-order valence-electron chi connectivity index (χ3n) is 4.45. The Labute approximate surface area is 164 Å². The van der Waals surface area contributed by atoms with E-state index in [0.717, 1.165) is 0 Å². The van der Waals surface area contributed by atoms with Gasteiger partial charge in [-0.3, -0.25) is 9.48 Å². The van der Waals surface area contributed by atoms with E-state index in [4.69, 9.17) is 0 Å². The van der Waals surface area contributed by atoms with Crippen LogP contribution in [0, 0.1) is 23.3 Å². The SMILES string of the molecule is CCNC(=NCc1c(F)c(F)cc(F)c1F)N1CCN(c2cnn(C)c2)C(=O)C1. The second-order valence-electron chi connectivity index (χ2n) is 6.46. The van der Waals surface area contributed by atoms with Crippen molar-refractivity contribution in [3.8, 4) is 0 Å². The molecule has 1 aromatic carbocycles. The lowest BCUT2D eigenvalue weighted by Crippen LogP contribution is -2.55. The molecule has 1 aromatic heterocycles. The van der Waals surface area contributed by atoms with Crippen molar-refractivity contribution in [2.75, 3.05) is 31.1 Å². The predicted molar refractivity (Wildman–Crippen MR) is 98.2 cm³/mol. The summed E-state index contributed by atoms with van der Waals surface area (Å²) >= 11 is 0. The minimum atomic E-state index is -1.49. The van der Waals surface area contributed by atoms with E-state index in [9.17, 15) is 22.4 Å². The van der Waals surface area contributed by atoms with Gasteiger partial charge in [0.1, 0.15) is 6.54 Å². The van der Waals surface area contributed by atoms with Crippen LogP contribution in [0.3, 0.4) is 0 Å². The Balaban J connectivity index is 1.78. The molecule has 1 saturated heterocycles. The highest BCUT2D eigenvalue weighted by atomic mass is 19.2. The number of nitrogens with one attached hydrogen (secondary N) is 1. The summed E-state index contributed by atoms with van der Waals surface area (Å²) in [4.78, 5) is 19.8. The van der Waals surface area contributed by atoms with E-state index < -0.39 is 35.4 Å². The quantitative estimate of drug-likeness (QED) is 0.360. The summed E-state index contributed by atoms with van der Waals surface area (Å²) in [6.07, 6.45) is 3.30. The Morgan fingerprint density at radius 3 is 2.45 bits per heavy atom. The molecule has 0 atom stereocenters. The van der Waals surface area contributed by atoms with Gasteiger partial charge in [-0.05, 0) is 6.92 Å². The van der Waals surface area contributed by atoms with Gasteiger partial charge in [-0.25, -0.2) is 22.6 Å². The van der Waals surface area contributed by atoms with E-state index in [2.05, 4.69) is 15.4 Å². The number of halogens is 4. The average Bonchev–Trinajstić information content (AvgIpc) is 3.11. The van der Waals surface area contributed by atoms with E-state index >= 15 is 0 Å². The first-order valence-corrected chi connectivity index (χ1v) is 8.96. The number of benzene rings is 1. The molecule has 2 heterocycles. The third kappa shape index (κ3) is 4.33. The van der Waals surface area contributed by atoms with Gasteiger partial charge in [0.05, 0.1) is 24.0 Å². The van der Waals surface area contributed by atoms with Crippen LogP contribution in [0.15, 0.2) is 23.5 Å². The van der Waals surface area contributed by atoms with Crippen molar-refractivity contribution in [3.05, 3.63) is 47.3 Å². The highest BCUT2D eigenvalue weighted by Gasteiger charge is 2.28. The molecule has 2 aromatic rings. The summed E-state index contributed by atoms with van der Waals surface area (Å²) in [5.74, 6) is -5.93. The Morgan fingerprint density at radius 1 is 1.21 bits per heavy atom. The summed E-state index contributed by atoms with van der Waals surface area (Å²) in [6, 6.07) is 0.152. The van der Waals surface area contributed by atoms with Crippen molar-refractivity contribution in [1.29, 1.82) is 0 Å². The maximum Gasteiger partial charge on any atom is 0.246 e. The normalized spacial score (nSPS) is 15.2. The van der Waals surface area contributed by atoms with Crippen LogP contribution in [-0.4, -0.2) is 52.7 Å². The van der Waals surface area contributed by atoms with Crippen molar-refractivity contribution in [1.82, 2.24) is 20.0 Å². The molecule has 1 N–H and O–H groups in total. The molecule has 0 unspecified atom stereocenters. The molecule has 1 amide bonds. The van der Waals surface area contributed by atoms with Crippen LogP contribution in [0.4, 0.5) is 23.2 Å². The molecule has 0 bridgehead atoms. The molecule has 0 aliphatic carbocycles.